The lowest BCUT2D eigenvalue weighted by molar-refractivity contribution is 0.0481. The highest BCUT2D eigenvalue weighted by Gasteiger charge is 2.36. The van der Waals surface area contributed by atoms with Gasteiger partial charge in [0.15, 0.2) is 0 Å². The second-order valence-corrected chi connectivity index (χ2v) is 7.15. The smallest absolute Gasteiger partial charge is 0.335 e. The zero-order chi connectivity index (χ0) is 17.1. The minimum Gasteiger partial charge on any atom is -0.478 e. The van der Waals surface area contributed by atoms with Crippen LogP contribution in [0.25, 0.3) is 0 Å². The Kier molecular flexibility index (Phi) is 5.18. The minimum absolute atomic E-state index is 0.399. The van der Waals surface area contributed by atoms with E-state index in [0.717, 1.165) is 18.2 Å². The van der Waals surface area contributed by atoms with E-state index in [9.17, 15) is 17.6 Å². The van der Waals surface area contributed by atoms with Crippen molar-refractivity contribution in [2.45, 2.75) is 29.7 Å². The van der Waals surface area contributed by atoms with E-state index in [1.807, 2.05) is 0 Å². The van der Waals surface area contributed by atoms with Crippen molar-refractivity contribution in [3.8, 4) is 0 Å². The topological polar surface area (TPSA) is 92.7 Å². The number of nitrogens with one attached hydrogen (secondary N) is 1. The van der Waals surface area contributed by atoms with Crippen LogP contribution in [0.2, 0.25) is 0 Å². The van der Waals surface area contributed by atoms with Crippen LogP contribution in [0.5, 0.6) is 0 Å². The monoisotopic (exact) mass is 343 g/mol. The molecular formula is C15H18FNO5S. The molecule has 1 aliphatic rings. The number of carboxylic acids is 1. The first-order valence-corrected chi connectivity index (χ1v) is 8.53. The Morgan fingerprint density at radius 3 is 2.61 bits per heavy atom. The molecule has 126 valence electrons. The molecule has 1 aliphatic heterocycles. The van der Waals surface area contributed by atoms with Gasteiger partial charge in [0.25, 0.3) is 0 Å². The Bertz CT molecular complexity index is 711. The molecule has 0 atom stereocenters. The Balaban J connectivity index is 2.37. The van der Waals surface area contributed by atoms with Gasteiger partial charge >= 0.3 is 5.97 Å². The number of hydrogen-bond donors (Lipinski definition) is 2. The van der Waals surface area contributed by atoms with Crippen molar-refractivity contribution in [1.29, 1.82) is 0 Å². The van der Waals surface area contributed by atoms with Crippen molar-refractivity contribution in [3.05, 3.63) is 42.2 Å². The van der Waals surface area contributed by atoms with E-state index in [2.05, 4.69) is 11.3 Å². The van der Waals surface area contributed by atoms with Crippen LogP contribution in [0.15, 0.2) is 35.7 Å². The molecular weight excluding hydrogens is 325 g/mol. The fourth-order valence-corrected chi connectivity index (χ4v) is 4.10. The first kappa shape index (κ1) is 17.6. The Morgan fingerprint density at radius 1 is 1.39 bits per heavy atom. The van der Waals surface area contributed by atoms with Gasteiger partial charge in [0.2, 0.25) is 10.0 Å². The molecule has 0 unspecified atom stereocenters. The van der Waals surface area contributed by atoms with Gasteiger partial charge in [0.1, 0.15) is 5.82 Å². The van der Waals surface area contributed by atoms with E-state index in [-0.39, 0.29) is 0 Å². The lowest BCUT2D eigenvalue weighted by Crippen LogP contribution is -2.51. The number of carboxylic acid groups (broad SMARTS) is 1. The molecule has 6 nitrogen and oxygen atoms in total. The molecule has 0 radical (unpaired) electrons. The van der Waals surface area contributed by atoms with Crippen LogP contribution < -0.4 is 4.72 Å². The standard InChI is InChI=1S/C15H18FNO5S/c1-2-3-15(4-6-22-7-5-15)17-23(20,21)13-9-11(14(18)19)8-12(16)10-13/h2,8-10,17H,1,3-7H2,(H,18,19). The number of carbonyl (C=O) groups is 1. The van der Waals surface area contributed by atoms with Crippen LogP contribution >= 0.6 is 0 Å². The average molecular weight is 343 g/mol. The summed E-state index contributed by atoms with van der Waals surface area (Å²) in [7, 11) is -4.08. The van der Waals surface area contributed by atoms with Gasteiger partial charge in [-0.3, -0.25) is 0 Å². The lowest BCUT2D eigenvalue weighted by Gasteiger charge is -2.36. The van der Waals surface area contributed by atoms with Crippen molar-refractivity contribution in [2.24, 2.45) is 0 Å². The molecule has 0 saturated carbocycles. The van der Waals surface area contributed by atoms with Crippen molar-refractivity contribution in [3.63, 3.8) is 0 Å². The highest BCUT2D eigenvalue weighted by molar-refractivity contribution is 7.89. The first-order valence-electron chi connectivity index (χ1n) is 7.04. The summed E-state index contributed by atoms with van der Waals surface area (Å²) >= 11 is 0. The summed E-state index contributed by atoms with van der Waals surface area (Å²) in [6.07, 6.45) is 2.93. The predicted molar refractivity (Wildman–Crippen MR) is 81.3 cm³/mol. The molecule has 1 aromatic carbocycles. The molecule has 1 aromatic rings. The number of halogens is 1. The van der Waals surface area contributed by atoms with Gasteiger partial charge < -0.3 is 9.84 Å². The minimum atomic E-state index is -4.08. The highest BCUT2D eigenvalue weighted by Crippen LogP contribution is 2.28. The van der Waals surface area contributed by atoms with Crippen LogP contribution in [0, 0.1) is 5.82 Å². The Hall–Kier alpha value is -1.77. The van der Waals surface area contributed by atoms with Crippen LogP contribution in [-0.4, -0.2) is 38.2 Å². The molecule has 0 bridgehead atoms. The second-order valence-electron chi connectivity index (χ2n) is 5.47. The molecule has 0 spiro atoms. The molecule has 1 fully saturated rings. The summed E-state index contributed by atoms with van der Waals surface area (Å²) in [5.74, 6) is -2.32. The maximum absolute atomic E-state index is 13.5. The number of sulfonamides is 1. The third-order valence-corrected chi connectivity index (χ3v) is 5.32. The Labute approximate surface area is 134 Å². The SMILES string of the molecule is C=CCC1(NS(=O)(=O)c2cc(F)cc(C(=O)O)c2)CCOCC1. The third-order valence-electron chi connectivity index (χ3n) is 3.76. The second kappa shape index (κ2) is 6.77. The molecule has 1 heterocycles. The number of benzene rings is 1. The van der Waals surface area contributed by atoms with E-state index in [0.29, 0.717) is 32.5 Å². The van der Waals surface area contributed by atoms with Gasteiger partial charge in [-0.1, -0.05) is 6.08 Å². The number of rotatable bonds is 6. The van der Waals surface area contributed by atoms with E-state index >= 15 is 0 Å². The summed E-state index contributed by atoms with van der Waals surface area (Å²) in [5, 5.41) is 8.94. The summed E-state index contributed by atoms with van der Waals surface area (Å²) in [6, 6.07) is 2.51. The van der Waals surface area contributed by atoms with Gasteiger partial charge in [-0.2, -0.15) is 0 Å². The number of ether oxygens (including phenoxy) is 1. The number of aromatic carboxylic acids is 1. The third kappa shape index (κ3) is 4.15. The molecule has 1 saturated heterocycles. The molecule has 2 rings (SSSR count). The molecule has 23 heavy (non-hydrogen) atoms. The molecule has 0 aliphatic carbocycles. The first-order chi connectivity index (χ1) is 10.8. The summed E-state index contributed by atoms with van der Waals surface area (Å²) < 4.78 is 46.5. The maximum atomic E-state index is 13.5. The number of hydrogen-bond acceptors (Lipinski definition) is 4. The fraction of sp³-hybridized carbons (Fsp3) is 0.400. The molecule has 0 aromatic heterocycles. The van der Waals surface area contributed by atoms with Gasteiger partial charge in [0, 0.05) is 18.8 Å². The van der Waals surface area contributed by atoms with Crippen molar-refractivity contribution >= 4 is 16.0 Å². The predicted octanol–water partition coefficient (Wildman–Crippen LogP) is 1.93. The molecule has 8 heteroatoms. The van der Waals surface area contributed by atoms with Gasteiger partial charge in [0.05, 0.1) is 10.5 Å². The molecule has 2 N–H and O–H groups in total. The zero-order valence-corrected chi connectivity index (χ0v) is 13.2. The van der Waals surface area contributed by atoms with Crippen molar-refractivity contribution in [2.75, 3.05) is 13.2 Å². The van der Waals surface area contributed by atoms with E-state index in [1.165, 1.54) is 0 Å². The highest BCUT2D eigenvalue weighted by atomic mass is 32.2. The van der Waals surface area contributed by atoms with E-state index in [4.69, 9.17) is 9.84 Å². The van der Waals surface area contributed by atoms with Crippen molar-refractivity contribution < 1.29 is 27.4 Å². The maximum Gasteiger partial charge on any atom is 0.335 e. The zero-order valence-electron chi connectivity index (χ0n) is 12.4. The van der Waals surface area contributed by atoms with Crippen LogP contribution in [-0.2, 0) is 14.8 Å². The summed E-state index contributed by atoms with van der Waals surface area (Å²) in [5.41, 5.74) is -1.18. The van der Waals surface area contributed by atoms with Crippen LogP contribution in [0.4, 0.5) is 4.39 Å². The van der Waals surface area contributed by atoms with E-state index in [1.54, 1.807) is 6.08 Å². The summed E-state index contributed by atoms with van der Waals surface area (Å²) in [6.45, 7) is 4.45. The molecule has 0 amide bonds. The van der Waals surface area contributed by atoms with E-state index < -0.39 is 37.8 Å². The quantitative estimate of drug-likeness (QED) is 0.770. The Morgan fingerprint density at radius 2 is 2.04 bits per heavy atom. The average Bonchev–Trinajstić information content (AvgIpc) is 2.47. The van der Waals surface area contributed by atoms with Crippen LogP contribution in [0.3, 0.4) is 0 Å². The largest absolute Gasteiger partial charge is 0.478 e. The van der Waals surface area contributed by atoms with Gasteiger partial charge in [-0.25, -0.2) is 22.3 Å². The van der Waals surface area contributed by atoms with Gasteiger partial charge in [-0.05, 0) is 37.5 Å². The fourth-order valence-electron chi connectivity index (χ4n) is 2.57. The van der Waals surface area contributed by atoms with Crippen LogP contribution in [0.1, 0.15) is 29.6 Å². The summed E-state index contributed by atoms with van der Waals surface area (Å²) in [4.78, 5) is 10.6. The lowest BCUT2D eigenvalue weighted by atomic mass is 9.88. The van der Waals surface area contributed by atoms with Crippen molar-refractivity contribution in [1.82, 2.24) is 4.72 Å². The van der Waals surface area contributed by atoms with Gasteiger partial charge in [-0.15, -0.1) is 6.58 Å². The normalized spacial score (nSPS) is 17.6.